The summed E-state index contributed by atoms with van der Waals surface area (Å²) in [7, 11) is 0. The molecule has 1 heteroatoms. The maximum Gasteiger partial charge on any atom is 0.0302 e. The average Bonchev–Trinajstić information content (AvgIpc) is 2.60. The molecule has 2 atom stereocenters. The molecule has 1 heterocycles. The van der Waals surface area contributed by atoms with E-state index < -0.39 is 0 Å². The summed E-state index contributed by atoms with van der Waals surface area (Å²) in [6, 6.07) is 2.21. The van der Waals surface area contributed by atoms with Gasteiger partial charge in [-0.15, -0.1) is 0 Å². The summed E-state index contributed by atoms with van der Waals surface area (Å²) in [5.74, 6) is 1.62. The lowest BCUT2D eigenvalue weighted by molar-refractivity contribution is 0.443. The zero-order valence-corrected chi connectivity index (χ0v) is 8.46. The van der Waals surface area contributed by atoms with E-state index >= 15 is 0 Å². The molecule has 0 saturated heterocycles. The topological polar surface area (TPSA) is 12.9 Å². The van der Waals surface area contributed by atoms with Gasteiger partial charge in [0.15, 0.2) is 0 Å². The molecule has 0 radical (unpaired) electrons. The zero-order chi connectivity index (χ0) is 9.26. The van der Waals surface area contributed by atoms with Gasteiger partial charge in [-0.2, -0.15) is 0 Å². The van der Waals surface area contributed by atoms with Gasteiger partial charge in [0.2, 0.25) is 0 Å². The Kier molecular flexibility index (Phi) is 2.34. The van der Waals surface area contributed by atoms with Gasteiger partial charge in [-0.05, 0) is 41.9 Å². The molecule has 13 heavy (non-hydrogen) atoms. The highest BCUT2D eigenvalue weighted by Crippen LogP contribution is 2.38. The molecular weight excluding hydrogens is 158 g/mol. The fourth-order valence-electron chi connectivity index (χ4n) is 2.35. The van der Waals surface area contributed by atoms with Gasteiger partial charge in [0.25, 0.3) is 0 Å². The van der Waals surface area contributed by atoms with Crippen molar-refractivity contribution in [3.63, 3.8) is 0 Å². The third kappa shape index (κ3) is 1.48. The lowest BCUT2D eigenvalue weighted by Gasteiger charge is -2.18. The van der Waals surface area contributed by atoms with E-state index in [2.05, 4.69) is 24.9 Å². The monoisotopic (exact) mass is 175 g/mol. The molecule has 0 fully saturated rings. The van der Waals surface area contributed by atoms with Crippen molar-refractivity contribution in [1.29, 1.82) is 0 Å². The number of aromatic nitrogens is 1. The van der Waals surface area contributed by atoms with Crippen molar-refractivity contribution in [2.75, 3.05) is 0 Å². The second-order valence-electron chi connectivity index (χ2n) is 4.11. The van der Waals surface area contributed by atoms with Crippen LogP contribution in [0.25, 0.3) is 0 Å². The Labute approximate surface area is 80.2 Å². The molecule has 0 saturated carbocycles. The van der Waals surface area contributed by atoms with Gasteiger partial charge in [0.1, 0.15) is 0 Å². The second kappa shape index (κ2) is 3.49. The van der Waals surface area contributed by atoms with Crippen LogP contribution in [-0.2, 0) is 6.42 Å². The fourth-order valence-corrected chi connectivity index (χ4v) is 2.35. The Morgan fingerprint density at radius 3 is 3.23 bits per heavy atom. The Morgan fingerprint density at radius 2 is 2.46 bits per heavy atom. The normalized spacial score (nSPS) is 22.8. The van der Waals surface area contributed by atoms with E-state index in [9.17, 15) is 0 Å². The second-order valence-corrected chi connectivity index (χ2v) is 4.11. The third-order valence-electron chi connectivity index (χ3n) is 3.40. The quantitative estimate of drug-likeness (QED) is 0.672. The number of aryl methyl sites for hydroxylation is 1. The summed E-state index contributed by atoms with van der Waals surface area (Å²) < 4.78 is 0. The molecule has 1 aromatic heterocycles. The van der Waals surface area contributed by atoms with Gasteiger partial charge in [-0.1, -0.05) is 20.3 Å². The van der Waals surface area contributed by atoms with E-state index in [1.807, 2.05) is 12.4 Å². The zero-order valence-electron chi connectivity index (χ0n) is 8.46. The van der Waals surface area contributed by atoms with Crippen molar-refractivity contribution in [2.24, 2.45) is 5.92 Å². The van der Waals surface area contributed by atoms with Crippen LogP contribution in [0.5, 0.6) is 0 Å². The highest BCUT2D eigenvalue weighted by atomic mass is 14.6. The lowest BCUT2D eigenvalue weighted by atomic mass is 9.87. The van der Waals surface area contributed by atoms with Gasteiger partial charge in [-0.25, -0.2) is 0 Å². The van der Waals surface area contributed by atoms with Crippen LogP contribution in [0, 0.1) is 5.92 Å². The largest absolute Gasteiger partial charge is 0.264 e. The van der Waals surface area contributed by atoms with Crippen LogP contribution in [0.15, 0.2) is 18.5 Å². The third-order valence-corrected chi connectivity index (χ3v) is 3.40. The van der Waals surface area contributed by atoms with E-state index in [-0.39, 0.29) is 0 Å². The predicted octanol–water partition coefficient (Wildman–Crippen LogP) is 3.16. The van der Waals surface area contributed by atoms with Gasteiger partial charge in [-0.3, -0.25) is 4.98 Å². The van der Waals surface area contributed by atoms with Gasteiger partial charge < -0.3 is 0 Å². The smallest absolute Gasteiger partial charge is 0.0302 e. The van der Waals surface area contributed by atoms with E-state index in [1.54, 1.807) is 5.56 Å². The predicted molar refractivity (Wildman–Crippen MR) is 54.8 cm³/mol. The lowest BCUT2D eigenvalue weighted by Crippen LogP contribution is -2.05. The Hall–Kier alpha value is -0.850. The first kappa shape index (κ1) is 8.74. The minimum absolute atomic E-state index is 0.794. The summed E-state index contributed by atoms with van der Waals surface area (Å²) in [6.45, 7) is 4.64. The maximum atomic E-state index is 4.18. The molecule has 0 aromatic carbocycles. The Bertz CT molecular complexity index is 293. The van der Waals surface area contributed by atoms with Crippen LogP contribution >= 0.6 is 0 Å². The first-order valence-corrected chi connectivity index (χ1v) is 5.25. The van der Waals surface area contributed by atoms with Crippen molar-refractivity contribution in [1.82, 2.24) is 4.98 Å². The summed E-state index contributed by atoms with van der Waals surface area (Å²) in [5, 5.41) is 0. The molecule has 2 rings (SSSR count). The number of pyridine rings is 1. The molecule has 0 aliphatic heterocycles. The number of fused-ring (bicyclic) bond motifs is 1. The van der Waals surface area contributed by atoms with Crippen LogP contribution in [0.4, 0.5) is 0 Å². The number of hydrogen-bond acceptors (Lipinski definition) is 1. The van der Waals surface area contributed by atoms with Gasteiger partial charge in [0, 0.05) is 12.4 Å². The van der Waals surface area contributed by atoms with E-state index in [0.717, 1.165) is 11.8 Å². The molecule has 0 spiro atoms. The molecule has 1 aromatic rings. The molecule has 1 aliphatic carbocycles. The van der Waals surface area contributed by atoms with E-state index in [4.69, 9.17) is 0 Å². The number of nitrogens with zero attached hydrogens (tertiary/aromatic N) is 1. The van der Waals surface area contributed by atoms with Crippen molar-refractivity contribution in [2.45, 2.75) is 39.0 Å². The summed E-state index contributed by atoms with van der Waals surface area (Å²) in [6.07, 6.45) is 7.82. The summed E-state index contributed by atoms with van der Waals surface area (Å²) in [4.78, 5) is 4.18. The standard InChI is InChI=1S/C12H17N/c1-3-9(2)11-5-4-10-8-13-7-6-12(10)11/h6-9,11H,3-5H2,1-2H3. The number of hydrogen-bond donors (Lipinski definition) is 0. The summed E-state index contributed by atoms with van der Waals surface area (Å²) >= 11 is 0. The van der Waals surface area contributed by atoms with Crippen LogP contribution in [0.1, 0.15) is 43.7 Å². The number of rotatable bonds is 2. The van der Waals surface area contributed by atoms with Crippen LogP contribution in [0.2, 0.25) is 0 Å². The highest BCUT2D eigenvalue weighted by molar-refractivity contribution is 5.32. The SMILES string of the molecule is CCC(C)C1CCc2cnccc21. The molecule has 1 nitrogen and oxygen atoms in total. The van der Waals surface area contributed by atoms with Crippen molar-refractivity contribution in [3.05, 3.63) is 29.6 Å². The maximum absolute atomic E-state index is 4.18. The van der Waals surface area contributed by atoms with Crippen LogP contribution < -0.4 is 0 Å². The van der Waals surface area contributed by atoms with E-state index in [0.29, 0.717) is 0 Å². The van der Waals surface area contributed by atoms with Crippen molar-refractivity contribution in [3.8, 4) is 0 Å². The minimum Gasteiger partial charge on any atom is -0.264 e. The van der Waals surface area contributed by atoms with Gasteiger partial charge in [0.05, 0.1) is 0 Å². The molecular formula is C12H17N. The van der Waals surface area contributed by atoms with Crippen LogP contribution in [0.3, 0.4) is 0 Å². The van der Waals surface area contributed by atoms with E-state index in [1.165, 1.54) is 24.8 Å². The van der Waals surface area contributed by atoms with Gasteiger partial charge >= 0.3 is 0 Å². The highest BCUT2D eigenvalue weighted by Gasteiger charge is 2.25. The Balaban J connectivity index is 2.28. The summed E-state index contributed by atoms with van der Waals surface area (Å²) in [5.41, 5.74) is 3.04. The first-order chi connectivity index (χ1) is 6.33. The first-order valence-electron chi connectivity index (χ1n) is 5.25. The minimum atomic E-state index is 0.794. The molecule has 0 amide bonds. The molecule has 0 N–H and O–H groups in total. The van der Waals surface area contributed by atoms with Crippen LogP contribution in [-0.4, -0.2) is 4.98 Å². The van der Waals surface area contributed by atoms with Crippen molar-refractivity contribution >= 4 is 0 Å². The van der Waals surface area contributed by atoms with Crippen molar-refractivity contribution < 1.29 is 0 Å². The molecule has 2 unspecified atom stereocenters. The Morgan fingerprint density at radius 1 is 1.62 bits per heavy atom. The molecule has 70 valence electrons. The average molecular weight is 175 g/mol. The molecule has 0 bridgehead atoms. The fraction of sp³-hybridized carbons (Fsp3) is 0.583. The molecule has 1 aliphatic rings.